The summed E-state index contributed by atoms with van der Waals surface area (Å²) in [6, 6.07) is 11.1. The van der Waals surface area contributed by atoms with E-state index in [1.165, 1.54) is 0 Å². The molecule has 1 fully saturated rings. The normalized spacial score (nSPS) is 15.9. The van der Waals surface area contributed by atoms with Gasteiger partial charge in [-0.25, -0.2) is 0 Å². The van der Waals surface area contributed by atoms with Crippen molar-refractivity contribution in [1.29, 1.82) is 0 Å². The summed E-state index contributed by atoms with van der Waals surface area (Å²) in [6.07, 6.45) is 7.53. The molecule has 0 bridgehead atoms. The van der Waals surface area contributed by atoms with E-state index in [2.05, 4.69) is 10.3 Å². The van der Waals surface area contributed by atoms with Gasteiger partial charge in [-0.3, -0.25) is 14.6 Å². The van der Waals surface area contributed by atoms with Gasteiger partial charge < -0.3 is 5.32 Å². The molecular formula is C20H22N2O2. The van der Waals surface area contributed by atoms with E-state index in [9.17, 15) is 9.59 Å². The van der Waals surface area contributed by atoms with Gasteiger partial charge in [-0.2, -0.15) is 0 Å². The highest BCUT2D eigenvalue weighted by Crippen LogP contribution is 2.29. The molecule has 0 radical (unpaired) electrons. The molecule has 3 rings (SSSR count). The Kier molecular flexibility index (Phi) is 5.04. The molecule has 2 aromatic rings. The smallest absolute Gasteiger partial charge is 0.231 e. The zero-order chi connectivity index (χ0) is 16.9. The fourth-order valence-electron chi connectivity index (χ4n) is 3.22. The first kappa shape index (κ1) is 16.4. The van der Waals surface area contributed by atoms with E-state index in [1.54, 1.807) is 24.5 Å². The lowest BCUT2D eigenvalue weighted by molar-refractivity contribution is -0.117. The summed E-state index contributed by atoms with van der Waals surface area (Å²) < 4.78 is 0. The van der Waals surface area contributed by atoms with Crippen LogP contribution in [0.1, 0.15) is 54.4 Å². The number of hydrogen-bond donors (Lipinski definition) is 1. The van der Waals surface area contributed by atoms with Gasteiger partial charge >= 0.3 is 0 Å². The molecule has 0 unspecified atom stereocenters. The van der Waals surface area contributed by atoms with Crippen molar-refractivity contribution >= 4 is 17.4 Å². The molecule has 124 valence electrons. The van der Waals surface area contributed by atoms with Gasteiger partial charge in [0.05, 0.1) is 17.8 Å². The minimum atomic E-state index is -0.332. The van der Waals surface area contributed by atoms with Gasteiger partial charge in [-0.1, -0.05) is 31.0 Å². The number of hydrogen-bond acceptors (Lipinski definition) is 3. The Morgan fingerprint density at radius 2 is 1.96 bits per heavy atom. The maximum atomic E-state index is 12.6. The van der Waals surface area contributed by atoms with E-state index in [4.69, 9.17) is 0 Å². The maximum Gasteiger partial charge on any atom is 0.231 e. The number of benzene rings is 1. The monoisotopic (exact) mass is 322 g/mol. The predicted octanol–water partition coefficient (Wildman–Crippen LogP) is 4.20. The first-order valence-corrected chi connectivity index (χ1v) is 8.50. The van der Waals surface area contributed by atoms with Crippen LogP contribution >= 0.6 is 0 Å². The highest BCUT2D eigenvalue weighted by atomic mass is 16.2. The van der Waals surface area contributed by atoms with Crippen LogP contribution < -0.4 is 5.32 Å². The van der Waals surface area contributed by atoms with E-state index in [0.717, 1.165) is 36.8 Å². The summed E-state index contributed by atoms with van der Waals surface area (Å²) in [5.74, 6) is -0.0657. The maximum absolute atomic E-state index is 12.6. The average Bonchev–Trinajstić information content (AvgIpc) is 3.16. The van der Waals surface area contributed by atoms with Crippen LogP contribution in [-0.4, -0.2) is 16.7 Å². The number of amides is 1. The van der Waals surface area contributed by atoms with Crippen molar-refractivity contribution in [3.8, 4) is 0 Å². The number of rotatable bonds is 5. The third-order valence-electron chi connectivity index (χ3n) is 4.72. The third-order valence-corrected chi connectivity index (χ3v) is 4.72. The molecule has 4 nitrogen and oxygen atoms in total. The van der Waals surface area contributed by atoms with Crippen molar-refractivity contribution < 1.29 is 9.59 Å². The minimum absolute atomic E-state index is 0.103. The molecule has 24 heavy (non-hydrogen) atoms. The summed E-state index contributed by atoms with van der Waals surface area (Å²) in [6.45, 7) is 1.85. The topological polar surface area (TPSA) is 59.1 Å². The lowest BCUT2D eigenvalue weighted by atomic mass is 9.92. The zero-order valence-corrected chi connectivity index (χ0v) is 13.9. The van der Waals surface area contributed by atoms with Crippen LogP contribution in [-0.2, 0) is 4.79 Å². The van der Waals surface area contributed by atoms with Gasteiger partial charge in [0, 0.05) is 17.7 Å². The van der Waals surface area contributed by atoms with Gasteiger partial charge in [-0.05, 0) is 43.5 Å². The first-order valence-electron chi connectivity index (χ1n) is 8.50. The molecule has 1 amide bonds. The van der Waals surface area contributed by atoms with Gasteiger partial charge in [-0.15, -0.1) is 0 Å². The molecule has 1 N–H and O–H groups in total. The largest absolute Gasteiger partial charge is 0.324 e. The zero-order valence-electron chi connectivity index (χ0n) is 13.9. The fraction of sp³-hybridized carbons (Fsp3) is 0.350. The van der Waals surface area contributed by atoms with Crippen LogP contribution in [0.25, 0.3) is 0 Å². The summed E-state index contributed by atoms with van der Waals surface area (Å²) in [5.41, 5.74) is 2.26. The lowest BCUT2D eigenvalue weighted by Gasteiger charge is -2.14. The van der Waals surface area contributed by atoms with Gasteiger partial charge in [0.2, 0.25) is 5.91 Å². The molecule has 0 saturated heterocycles. The van der Waals surface area contributed by atoms with Gasteiger partial charge in [0.1, 0.15) is 0 Å². The quantitative estimate of drug-likeness (QED) is 0.839. The standard InChI is InChI=1S/C20H22N2O2/c1-14(20(24)22-18-10-5-11-21-13-18)16-8-4-9-17(12-16)19(23)15-6-2-3-7-15/h4-5,8-15H,2-3,6-7H2,1H3,(H,22,24)/t14-/m1/s1. The summed E-state index contributed by atoms with van der Waals surface area (Å²) in [7, 11) is 0. The van der Waals surface area contributed by atoms with Crippen molar-refractivity contribution in [3.63, 3.8) is 0 Å². The Bertz CT molecular complexity index is 721. The number of aromatic nitrogens is 1. The molecule has 1 heterocycles. The number of anilines is 1. The third kappa shape index (κ3) is 3.70. The average molecular weight is 322 g/mol. The van der Waals surface area contributed by atoms with Crippen molar-refractivity contribution in [2.75, 3.05) is 5.32 Å². The Morgan fingerprint density at radius 3 is 2.67 bits per heavy atom. The Balaban J connectivity index is 1.72. The Morgan fingerprint density at radius 1 is 1.17 bits per heavy atom. The second-order valence-corrected chi connectivity index (χ2v) is 6.42. The van der Waals surface area contributed by atoms with Crippen LogP contribution in [0.3, 0.4) is 0 Å². The molecule has 1 aromatic heterocycles. The van der Waals surface area contributed by atoms with Crippen LogP contribution in [0.5, 0.6) is 0 Å². The van der Waals surface area contributed by atoms with E-state index in [-0.39, 0.29) is 23.5 Å². The van der Waals surface area contributed by atoms with Crippen molar-refractivity contribution in [1.82, 2.24) is 4.98 Å². The Hall–Kier alpha value is -2.49. The molecule has 1 aromatic carbocycles. The summed E-state index contributed by atoms with van der Waals surface area (Å²) >= 11 is 0. The van der Waals surface area contributed by atoms with E-state index < -0.39 is 0 Å². The van der Waals surface area contributed by atoms with Crippen LogP contribution in [0.15, 0.2) is 48.8 Å². The lowest BCUT2D eigenvalue weighted by Crippen LogP contribution is -2.19. The van der Waals surface area contributed by atoms with Gasteiger partial charge in [0.15, 0.2) is 5.78 Å². The van der Waals surface area contributed by atoms with Gasteiger partial charge in [0.25, 0.3) is 0 Å². The second kappa shape index (κ2) is 7.39. The number of ketones is 1. The highest BCUT2D eigenvalue weighted by Gasteiger charge is 2.24. The van der Waals surface area contributed by atoms with Crippen LogP contribution in [0, 0.1) is 5.92 Å². The van der Waals surface area contributed by atoms with Crippen LogP contribution in [0.4, 0.5) is 5.69 Å². The predicted molar refractivity (Wildman–Crippen MR) is 94.0 cm³/mol. The van der Waals surface area contributed by atoms with Crippen molar-refractivity contribution in [3.05, 3.63) is 59.9 Å². The number of nitrogens with one attached hydrogen (secondary N) is 1. The molecule has 1 aliphatic rings. The SMILES string of the molecule is C[C@@H](C(=O)Nc1cccnc1)c1cccc(C(=O)C2CCCC2)c1. The number of carbonyl (C=O) groups excluding carboxylic acids is 2. The Labute approximate surface area is 142 Å². The number of Topliss-reactive ketones (excluding diaryl/α,β-unsaturated/α-hetero) is 1. The molecule has 1 aliphatic carbocycles. The summed E-state index contributed by atoms with van der Waals surface area (Å²) in [5, 5.41) is 2.86. The molecule has 1 saturated carbocycles. The van der Waals surface area contributed by atoms with E-state index in [1.807, 2.05) is 31.2 Å². The highest BCUT2D eigenvalue weighted by molar-refractivity contribution is 5.99. The number of pyridine rings is 1. The number of nitrogens with zero attached hydrogens (tertiary/aromatic N) is 1. The molecule has 1 atom stereocenters. The van der Waals surface area contributed by atoms with Crippen molar-refractivity contribution in [2.45, 2.75) is 38.5 Å². The van der Waals surface area contributed by atoms with E-state index in [0.29, 0.717) is 5.69 Å². The number of carbonyl (C=O) groups is 2. The first-order chi connectivity index (χ1) is 11.6. The molecular weight excluding hydrogens is 300 g/mol. The molecule has 4 heteroatoms. The van der Waals surface area contributed by atoms with E-state index >= 15 is 0 Å². The molecule has 0 spiro atoms. The fourth-order valence-corrected chi connectivity index (χ4v) is 3.22. The molecule has 0 aliphatic heterocycles. The minimum Gasteiger partial charge on any atom is -0.324 e. The summed E-state index contributed by atoms with van der Waals surface area (Å²) in [4.78, 5) is 29.0. The van der Waals surface area contributed by atoms with Crippen molar-refractivity contribution in [2.24, 2.45) is 5.92 Å². The second-order valence-electron chi connectivity index (χ2n) is 6.42. The van der Waals surface area contributed by atoms with Crippen LogP contribution in [0.2, 0.25) is 0 Å².